The summed E-state index contributed by atoms with van der Waals surface area (Å²) in [5.74, 6) is 0.998. The third-order valence-corrected chi connectivity index (χ3v) is 5.46. The van der Waals surface area contributed by atoms with Crippen LogP contribution in [0.3, 0.4) is 0 Å². The molecule has 2 unspecified atom stereocenters. The fraction of sp³-hybridized carbons (Fsp3) is 0.333. The number of carbonyl (C=O) groups is 1. The normalized spacial score (nSPS) is 21.3. The lowest BCUT2D eigenvalue weighted by Crippen LogP contribution is -2.42. The summed E-state index contributed by atoms with van der Waals surface area (Å²) in [6, 6.07) is 7.08. The molecule has 0 aliphatic carbocycles. The smallest absolute Gasteiger partial charge is 0.291 e. The second kappa shape index (κ2) is 8.03. The lowest BCUT2D eigenvalue weighted by atomic mass is 9.98. The van der Waals surface area contributed by atoms with E-state index in [4.69, 9.17) is 10.5 Å². The van der Waals surface area contributed by atoms with Crippen LogP contribution < -0.4 is 15.2 Å². The van der Waals surface area contributed by atoms with E-state index in [1.807, 2.05) is 0 Å². The fourth-order valence-electron chi connectivity index (χ4n) is 3.40. The van der Waals surface area contributed by atoms with Crippen molar-refractivity contribution in [1.29, 1.82) is 0 Å². The highest BCUT2D eigenvalue weighted by atomic mass is 32.2. The molecule has 1 fully saturated rings. The van der Waals surface area contributed by atoms with E-state index >= 15 is 0 Å². The number of benzene rings is 1. The number of nitrogens with two attached hydrogens (primary N) is 1. The van der Waals surface area contributed by atoms with Gasteiger partial charge in [-0.05, 0) is 35.4 Å². The number of hydrogen-bond acceptors (Lipinski definition) is 8. The van der Waals surface area contributed by atoms with Crippen molar-refractivity contribution in [3.05, 3.63) is 48.0 Å². The average Bonchev–Trinajstić information content (AvgIpc) is 2.72. The first kappa shape index (κ1) is 18.5. The predicted molar refractivity (Wildman–Crippen MR) is 105 cm³/mol. The number of hydrogen-bond donors (Lipinski definition) is 2. The van der Waals surface area contributed by atoms with Crippen LogP contribution in [0.5, 0.6) is 5.75 Å². The summed E-state index contributed by atoms with van der Waals surface area (Å²) in [7, 11) is 0. The second-order valence-corrected chi connectivity index (χ2v) is 7.53. The van der Waals surface area contributed by atoms with E-state index in [9.17, 15) is 9.35 Å². The van der Waals surface area contributed by atoms with Crippen molar-refractivity contribution < 1.29 is 14.1 Å². The van der Waals surface area contributed by atoms with E-state index in [2.05, 4.69) is 19.1 Å². The van der Waals surface area contributed by atoms with Gasteiger partial charge in [-0.15, -0.1) is 0 Å². The molecule has 0 bridgehead atoms. The van der Waals surface area contributed by atoms with Crippen molar-refractivity contribution in [3.8, 4) is 5.75 Å². The van der Waals surface area contributed by atoms with E-state index in [1.165, 1.54) is 0 Å². The molecule has 4 rings (SSSR count). The molecular formula is C18H20N6O3S. The topological polar surface area (TPSA) is 129 Å². The highest BCUT2D eigenvalue weighted by Gasteiger charge is 2.28. The molecule has 2 aliphatic rings. The number of carbonyl (C=O) groups excluding carboxylic acids is 1. The number of likely N-dealkylation sites (tertiary alicyclic amines) is 1. The predicted octanol–water partition coefficient (Wildman–Crippen LogP) is 1.12. The number of anilines is 1. The first-order valence-electron chi connectivity index (χ1n) is 8.97. The lowest BCUT2D eigenvalue weighted by Gasteiger charge is -2.32. The standard InChI is InChI=1S/C18H20N6O3S/c19-16-15-13(22-28(26)23-16)5-1-6-14(15)27-11-12-4-2-9-24(10-12)18(25)17-20-7-3-8-21-17/h1,3,5-8,12,22H,2,4,9-11H2,(H2,19,23). The van der Waals surface area contributed by atoms with Gasteiger partial charge in [0.25, 0.3) is 5.91 Å². The number of aromatic nitrogens is 2. The Labute approximate surface area is 165 Å². The Morgan fingerprint density at radius 3 is 3.00 bits per heavy atom. The van der Waals surface area contributed by atoms with Gasteiger partial charge in [0.2, 0.25) is 17.4 Å². The van der Waals surface area contributed by atoms with Crippen molar-refractivity contribution in [2.45, 2.75) is 12.8 Å². The maximum absolute atomic E-state index is 12.6. The lowest BCUT2D eigenvalue weighted by molar-refractivity contribution is 0.0621. The molecule has 0 radical (unpaired) electrons. The van der Waals surface area contributed by atoms with Crippen LogP contribution in [0.4, 0.5) is 5.69 Å². The molecule has 3 N–H and O–H groups in total. The zero-order chi connectivity index (χ0) is 19.5. The van der Waals surface area contributed by atoms with Crippen LogP contribution in [0, 0.1) is 5.92 Å². The molecule has 9 nitrogen and oxygen atoms in total. The highest BCUT2D eigenvalue weighted by molar-refractivity contribution is 7.91. The van der Waals surface area contributed by atoms with Crippen LogP contribution in [0.1, 0.15) is 29.0 Å². The van der Waals surface area contributed by atoms with Crippen LogP contribution in [-0.4, -0.2) is 50.9 Å². The van der Waals surface area contributed by atoms with Gasteiger partial charge in [-0.25, -0.2) is 9.97 Å². The number of ether oxygens (including phenoxy) is 1. The van der Waals surface area contributed by atoms with Crippen LogP contribution >= 0.6 is 0 Å². The number of fused-ring (bicyclic) bond motifs is 1. The van der Waals surface area contributed by atoms with E-state index in [1.54, 1.807) is 41.6 Å². The molecule has 1 amide bonds. The summed E-state index contributed by atoms with van der Waals surface area (Å²) < 4.78 is 24.3. The monoisotopic (exact) mass is 400 g/mol. The maximum atomic E-state index is 12.6. The van der Waals surface area contributed by atoms with E-state index in [0.29, 0.717) is 36.7 Å². The molecule has 2 atom stereocenters. The molecule has 0 spiro atoms. The highest BCUT2D eigenvalue weighted by Crippen LogP contribution is 2.31. The minimum atomic E-state index is -1.58. The number of amides is 1. The summed E-state index contributed by atoms with van der Waals surface area (Å²) in [5.41, 5.74) is 7.19. The molecule has 28 heavy (non-hydrogen) atoms. The second-order valence-electron chi connectivity index (χ2n) is 6.65. The summed E-state index contributed by atoms with van der Waals surface area (Å²) in [5, 5.41) is 0. The first-order chi connectivity index (χ1) is 13.6. The molecular weight excluding hydrogens is 380 g/mol. The van der Waals surface area contributed by atoms with Crippen LogP contribution in [0.15, 0.2) is 41.1 Å². The summed E-state index contributed by atoms with van der Waals surface area (Å²) in [6.45, 7) is 1.70. The Kier molecular flexibility index (Phi) is 5.31. The Bertz CT molecular complexity index is 894. The zero-order valence-corrected chi connectivity index (χ0v) is 15.9. The third kappa shape index (κ3) is 3.87. The molecule has 2 aliphatic heterocycles. The summed E-state index contributed by atoms with van der Waals surface area (Å²) >= 11 is -1.58. The molecule has 3 heterocycles. The Balaban J connectivity index is 1.42. The molecule has 1 aromatic heterocycles. The molecule has 1 saturated heterocycles. The number of nitrogens with one attached hydrogen (secondary N) is 1. The van der Waals surface area contributed by atoms with Gasteiger partial charge in [0.1, 0.15) is 5.75 Å². The maximum Gasteiger partial charge on any atom is 0.291 e. The molecule has 2 aromatic rings. The fourth-order valence-corrected chi connectivity index (χ4v) is 4.07. The van der Waals surface area contributed by atoms with Crippen LogP contribution in [0.25, 0.3) is 0 Å². The van der Waals surface area contributed by atoms with Crippen molar-refractivity contribution in [2.75, 3.05) is 24.4 Å². The third-order valence-electron chi connectivity index (χ3n) is 4.70. The van der Waals surface area contributed by atoms with Gasteiger partial charge in [-0.3, -0.25) is 4.79 Å². The zero-order valence-electron chi connectivity index (χ0n) is 15.1. The van der Waals surface area contributed by atoms with Crippen molar-refractivity contribution in [1.82, 2.24) is 14.9 Å². The average molecular weight is 400 g/mol. The van der Waals surface area contributed by atoms with Gasteiger partial charge in [0.15, 0.2) is 5.84 Å². The molecule has 0 saturated carbocycles. The Morgan fingerprint density at radius 2 is 2.18 bits per heavy atom. The number of amidine groups is 1. The van der Waals surface area contributed by atoms with Gasteiger partial charge in [0, 0.05) is 31.4 Å². The van der Waals surface area contributed by atoms with Crippen LogP contribution in [0.2, 0.25) is 0 Å². The van der Waals surface area contributed by atoms with E-state index in [-0.39, 0.29) is 23.5 Å². The van der Waals surface area contributed by atoms with Gasteiger partial charge >= 0.3 is 0 Å². The first-order valence-corrected chi connectivity index (χ1v) is 10.1. The largest absolute Gasteiger partial charge is 0.566 e. The Morgan fingerprint density at radius 1 is 1.36 bits per heavy atom. The van der Waals surface area contributed by atoms with E-state index < -0.39 is 11.5 Å². The summed E-state index contributed by atoms with van der Waals surface area (Å²) in [4.78, 5) is 22.4. The quantitative estimate of drug-likeness (QED) is 0.736. The number of piperidine rings is 1. The van der Waals surface area contributed by atoms with Gasteiger partial charge in [0.05, 0.1) is 17.9 Å². The van der Waals surface area contributed by atoms with E-state index in [0.717, 1.165) is 12.8 Å². The van der Waals surface area contributed by atoms with Crippen molar-refractivity contribution >= 4 is 29.0 Å². The number of nitrogens with zero attached hydrogens (tertiary/aromatic N) is 4. The molecule has 10 heteroatoms. The van der Waals surface area contributed by atoms with Gasteiger partial charge < -0.3 is 19.9 Å². The summed E-state index contributed by atoms with van der Waals surface area (Å²) in [6.07, 6.45) is 4.98. The van der Waals surface area contributed by atoms with Crippen molar-refractivity contribution in [3.63, 3.8) is 0 Å². The van der Waals surface area contributed by atoms with Crippen LogP contribution in [-0.2, 0) is 11.5 Å². The number of rotatable bonds is 4. The minimum absolute atomic E-state index is 0.162. The molecule has 1 aromatic carbocycles. The van der Waals surface area contributed by atoms with Gasteiger partial charge in [-0.1, -0.05) is 6.07 Å². The Hall–Kier alpha value is -2.85. The minimum Gasteiger partial charge on any atom is -0.566 e. The van der Waals surface area contributed by atoms with Crippen molar-refractivity contribution in [2.24, 2.45) is 16.0 Å². The SMILES string of the molecule is NC1=N[S+]([O-])Nc2cccc(OCC3CCCN(C(=O)c4ncccn4)C3)c21. The molecule has 146 valence electrons. The van der Waals surface area contributed by atoms with Gasteiger partial charge in [-0.2, -0.15) is 4.72 Å².